The highest BCUT2D eigenvalue weighted by Crippen LogP contribution is 2.27. The van der Waals surface area contributed by atoms with Gasteiger partial charge in [-0.05, 0) is 13.8 Å². The number of nitrogens with one attached hydrogen (secondary N) is 1. The number of fused-ring (bicyclic) bond motifs is 1. The fraction of sp³-hybridized carbons (Fsp3) is 0.400. The number of carbonyl (C=O) groups is 1. The van der Waals surface area contributed by atoms with Crippen molar-refractivity contribution in [2.45, 2.75) is 24.1 Å². The maximum atomic E-state index is 11.5. The van der Waals surface area contributed by atoms with E-state index >= 15 is 0 Å². The molecular formula is C10H12N4O2S. The predicted octanol–water partition coefficient (Wildman–Crippen LogP) is 1.40. The summed E-state index contributed by atoms with van der Waals surface area (Å²) in [6, 6.07) is 0. The Morgan fingerprint density at radius 2 is 2.41 bits per heavy atom. The third-order valence-electron chi connectivity index (χ3n) is 2.12. The number of rotatable bonds is 4. The number of hydrogen-bond acceptors (Lipinski definition) is 6. The molecule has 1 N–H and O–H groups in total. The largest absolute Gasteiger partial charge is 0.465 e. The van der Waals surface area contributed by atoms with Crippen molar-refractivity contribution in [2.24, 2.45) is 0 Å². The molecular weight excluding hydrogens is 240 g/mol. The molecule has 0 aliphatic heterocycles. The molecule has 2 rings (SSSR count). The maximum Gasteiger partial charge on any atom is 0.319 e. The summed E-state index contributed by atoms with van der Waals surface area (Å²) in [5.74, 6) is -0.243. The van der Waals surface area contributed by atoms with Crippen LogP contribution < -0.4 is 0 Å². The summed E-state index contributed by atoms with van der Waals surface area (Å²) in [6.45, 7) is 3.96. The Hall–Kier alpha value is -1.63. The van der Waals surface area contributed by atoms with Crippen LogP contribution in [0.2, 0.25) is 0 Å². The van der Waals surface area contributed by atoms with Crippen LogP contribution in [0.1, 0.15) is 13.8 Å². The normalized spacial score (nSPS) is 12.6. The first-order valence-corrected chi connectivity index (χ1v) is 6.07. The van der Waals surface area contributed by atoms with Crippen LogP contribution in [0, 0.1) is 0 Å². The minimum Gasteiger partial charge on any atom is -0.465 e. The van der Waals surface area contributed by atoms with Crippen molar-refractivity contribution in [3.8, 4) is 0 Å². The van der Waals surface area contributed by atoms with Crippen LogP contribution in [0.4, 0.5) is 0 Å². The smallest absolute Gasteiger partial charge is 0.319 e. The molecule has 0 spiro atoms. The van der Waals surface area contributed by atoms with E-state index in [4.69, 9.17) is 4.74 Å². The van der Waals surface area contributed by atoms with E-state index < -0.39 is 0 Å². The first-order chi connectivity index (χ1) is 8.22. The van der Waals surface area contributed by atoms with Gasteiger partial charge >= 0.3 is 5.97 Å². The molecule has 1 atom stereocenters. The lowest BCUT2D eigenvalue weighted by atomic mass is 10.4. The van der Waals surface area contributed by atoms with E-state index in [1.807, 2.05) is 0 Å². The predicted molar refractivity (Wildman–Crippen MR) is 63.6 cm³/mol. The fourth-order valence-corrected chi connectivity index (χ4v) is 2.20. The molecule has 0 unspecified atom stereocenters. The first-order valence-electron chi connectivity index (χ1n) is 5.19. The van der Waals surface area contributed by atoms with Crippen molar-refractivity contribution >= 4 is 28.8 Å². The zero-order valence-corrected chi connectivity index (χ0v) is 10.3. The van der Waals surface area contributed by atoms with E-state index in [9.17, 15) is 4.79 Å². The average molecular weight is 252 g/mol. The molecule has 7 heteroatoms. The molecule has 0 aliphatic rings. The molecule has 0 aromatic carbocycles. The van der Waals surface area contributed by atoms with Gasteiger partial charge < -0.3 is 4.74 Å². The Bertz CT molecular complexity index is 528. The summed E-state index contributed by atoms with van der Waals surface area (Å²) in [6.07, 6.45) is 3.09. The highest BCUT2D eigenvalue weighted by atomic mass is 32.2. The zero-order valence-electron chi connectivity index (χ0n) is 9.51. The van der Waals surface area contributed by atoms with Crippen LogP contribution in [0.15, 0.2) is 17.6 Å². The highest BCUT2D eigenvalue weighted by Gasteiger charge is 2.18. The SMILES string of the molecule is CCOC(=O)[C@@H](C)Sc1ncnc2[nH]ncc12. The van der Waals surface area contributed by atoms with Crippen molar-refractivity contribution in [3.63, 3.8) is 0 Å². The van der Waals surface area contributed by atoms with E-state index in [-0.39, 0.29) is 11.2 Å². The van der Waals surface area contributed by atoms with Gasteiger partial charge in [0.2, 0.25) is 0 Å². The summed E-state index contributed by atoms with van der Waals surface area (Å²) in [4.78, 5) is 19.7. The summed E-state index contributed by atoms with van der Waals surface area (Å²) < 4.78 is 4.94. The van der Waals surface area contributed by atoms with E-state index in [0.717, 1.165) is 10.4 Å². The van der Waals surface area contributed by atoms with Gasteiger partial charge in [0.05, 0.1) is 18.2 Å². The van der Waals surface area contributed by atoms with Crippen LogP contribution in [0.3, 0.4) is 0 Å². The van der Waals surface area contributed by atoms with E-state index in [0.29, 0.717) is 12.3 Å². The zero-order chi connectivity index (χ0) is 12.3. The van der Waals surface area contributed by atoms with Gasteiger partial charge in [-0.3, -0.25) is 9.89 Å². The lowest BCUT2D eigenvalue weighted by Gasteiger charge is -2.09. The number of nitrogens with zero attached hydrogens (tertiary/aromatic N) is 3. The van der Waals surface area contributed by atoms with Crippen molar-refractivity contribution < 1.29 is 9.53 Å². The number of H-pyrrole nitrogens is 1. The molecule has 0 amide bonds. The van der Waals surface area contributed by atoms with Gasteiger partial charge in [-0.1, -0.05) is 11.8 Å². The highest BCUT2D eigenvalue weighted by molar-refractivity contribution is 8.00. The summed E-state index contributed by atoms with van der Waals surface area (Å²) in [5, 5.41) is 7.89. The molecule has 2 heterocycles. The molecule has 0 saturated carbocycles. The van der Waals surface area contributed by atoms with Gasteiger partial charge in [0, 0.05) is 0 Å². The Kier molecular flexibility index (Phi) is 3.58. The second-order valence-corrected chi connectivity index (χ2v) is 4.65. The summed E-state index contributed by atoms with van der Waals surface area (Å²) in [7, 11) is 0. The number of esters is 1. The van der Waals surface area contributed by atoms with Gasteiger partial charge in [0.15, 0.2) is 5.65 Å². The quantitative estimate of drug-likeness (QED) is 0.503. The van der Waals surface area contributed by atoms with E-state index in [1.165, 1.54) is 18.1 Å². The van der Waals surface area contributed by atoms with Gasteiger partial charge in [-0.2, -0.15) is 5.10 Å². The third kappa shape index (κ3) is 2.55. The average Bonchev–Trinajstić information content (AvgIpc) is 2.78. The van der Waals surface area contributed by atoms with Crippen molar-refractivity contribution in [3.05, 3.63) is 12.5 Å². The Balaban J connectivity index is 2.18. The molecule has 6 nitrogen and oxygen atoms in total. The molecule has 0 bridgehead atoms. The number of thioether (sulfide) groups is 1. The van der Waals surface area contributed by atoms with Crippen molar-refractivity contribution in [2.75, 3.05) is 6.61 Å². The lowest BCUT2D eigenvalue weighted by molar-refractivity contribution is -0.142. The van der Waals surface area contributed by atoms with E-state index in [2.05, 4.69) is 20.2 Å². The molecule has 90 valence electrons. The van der Waals surface area contributed by atoms with Crippen molar-refractivity contribution in [1.29, 1.82) is 0 Å². The van der Waals surface area contributed by atoms with Crippen LogP contribution in [-0.4, -0.2) is 38.0 Å². The minimum atomic E-state index is -0.303. The monoisotopic (exact) mass is 252 g/mol. The van der Waals surface area contributed by atoms with Crippen molar-refractivity contribution in [1.82, 2.24) is 20.2 Å². The second kappa shape index (κ2) is 5.13. The molecule has 17 heavy (non-hydrogen) atoms. The number of aromatic nitrogens is 4. The topological polar surface area (TPSA) is 80.8 Å². The molecule has 2 aromatic heterocycles. The molecule has 0 radical (unpaired) electrons. The van der Waals surface area contributed by atoms with Gasteiger partial charge in [0.1, 0.15) is 16.6 Å². The summed E-state index contributed by atoms with van der Waals surface area (Å²) in [5.41, 5.74) is 0.665. The van der Waals surface area contributed by atoms with Gasteiger partial charge in [-0.15, -0.1) is 0 Å². The molecule has 2 aromatic rings. The lowest BCUT2D eigenvalue weighted by Crippen LogP contribution is -2.16. The van der Waals surface area contributed by atoms with E-state index in [1.54, 1.807) is 20.0 Å². The van der Waals surface area contributed by atoms with Crippen LogP contribution >= 0.6 is 11.8 Å². The number of ether oxygens (including phenoxy) is 1. The Morgan fingerprint density at radius 1 is 1.59 bits per heavy atom. The fourth-order valence-electron chi connectivity index (χ4n) is 1.31. The number of carbonyl (C=O) groups excluding carboxylic acids is 1. The first kappa shape index (κ1) is 11.8. The van der Waals surface area contributed by atoms with Crippen LogP contribution in [0.5, 0.6) is 0 Å². The maximum absolute atomic E-state index is 11.5. The second-order valence-electron chi connectivity index (χ2n) is 3.32. The minimum absolute atomic E-state index is 0.243. The van der Waals surface area contributed by atoms with Gasteiger partial charge in [-0.25, -0.2) is 9.97 Å². The summed E-state index contributed by atoms with van der Waals surface area (Å²) >= 11 is 1.34. The number of hydrogen-bond donors (Lipinski definition) is 1. The van der Waals surface area contributed by atoms with Crippen LogP contribution in [-0.2, 0) is 9.53 Å². The standard InChI is InChI=1S/C10H12N4O2S/c1-3-16-10(15)6(2)17-9-7-4-13-14-8(7)11-5-12-9/h4-6H,3H2,1-2H3,(H,11,12,13,14)/t6-/m1/s1. The third-order valence-corrected chi connectivity index (χ3v) is 3.21. The molecule has 0 fully saturated rings. The molecule has 0 saturated heterocycles. The number of aromatic amines is 1. The molecule has 0 aliphatic carbocycles. The Labute approximate surface area is 102 Å². The van der Waals surface area contributed by atoms with Crippen LogP contribution in [0.25, 0.3) is 11.0 Å². The van der Waals surface area contributed by atoms with Gasteiger partial charge in [0.25, 0.3) is 0 Å². The Morgan fingerprint density at radius 3 is 3.18 bits per heavy atom.